The number of amides is 2. The van der Waals surface area contributed by atoms with Crippen molar-refractivity contribution in [1.82, 2.24) is 10.6 Å². The Labute approximate surface area is 53.6 Å². The lowest BCUT2D eigenvalue weighted by Crippen LogP contribution is -2.51. The van der Waals surface area contributed by atoms with Gasteiger partial charge in [0.15, 0.2) is 0 Å². The number of hydrogen-bond acceptors (Lipinski definition) is 2. The second-order valence-corrected chi connectivity index (χ2v) is 1.95. The van der Waals surface area contributed by atoms with E-state index in [1.165, 1.54) is 0 Å². The number of rotatable bonds is 1. The van der Waals surface area contributed by atoms with E-state index in [2.05, 4.69) is 10.6 Å². The number of ether oxygens (including phenoxy) is 1. The van der Waals surface area contributed by atoms with Crippen molar-refractivity contribution in [2.45, 2.75) is 6.10 Å². The highest BCUT2D eigenvalue weighted by Crippen LogP contribution is 1.89. The molecule has 1 rings (SSSR count). The first-order valence-corrected chi connectivity index (χ1v) is 2.87. The average molecular weight is 130 g/mol. The molecule has 0 radical (unpaired) electrons. The van der Waals surface area contributed by atoms with Crippen LogP contribution in [0.25, 0.3) is 0 Å². The van der Waals surface area contributed by atoms with Gasteiger partial charge in [-0.2, -0.15) is 0 Å². The molecule has 1 fully saturated rings. The molecule has 1 saturated heterocycles. The van der Waals surface area contributed by atoms with Crippen LogP contribution in [0.1, 0.15) is 0 Å². The molecule has 4 heteroatoms. The Morgan fingerprint density at radius 3 is 2.56 bits per heavy atom. The third-order valence-electron chi connectivity index (χ3n) is 1.31. The first-order valence-electron chi connectivity index (χ1n) is 2.87. The van der Waals surface area contributed by atoms with Gasteiger partial charge in [0.1, 0.15) is 0 Å². The summed E-state index contributed by atoms with van der Waals surface area (Å²) in [5, 5.41) is 5.22. The third kappa shape index (κ3) is 1.57. The van der Waals surface area contributed by atoms with Gasteiger partial charge < -0.3 is 15.4 Å². The number of carbonyl (C=O) groups is 1. The monoisotopic (exact) mass is 130 g/mol. The molecular formula is C5H10N2O2. The maximum absolute atomic E-state index is 10.4. The van der Waals surface area contributed by atoms with Crippen LogP contribution in [-0.4, -0.2) is 32.3 Å². The van der Waals surface area contributed by atoms with Crippen LogP contribution in [0, 0.1) is 0 Å². The second-order valence-electron chi connectivity index (χ2n) is 1.95. The largest absolute Gasteiger partial charge is 0.378 e. The summed E-state index contributed by atoms with van der Waals surface area (Å²) >= 11 is 0. The zero-order valence-electron chi connectivity index (χ0n) is 5.31. The molecule has 0 atom stereocenters. The van der Waals surface area contributed by atoms with Gasteiger partial charge in [-0.05, 0) is 0 Å². The van der Waals surface area contributed by atoms with Crippen LogP contribution in [-0.2, 0) is 4.74 Å². The van der Waals surface area contributed by atoms with E-state index in [1.54, 1.807) is 7.11 Å². The van der Waals surface area contributed by atoms with E-state index in [1.807, 2.05) is 0 Å². The van der Waals surface area contributed by atoms with Crippen LogP contribution < -0.4 is 10.6 Å². The van der Waals surface area contributed by atoms with Gasteiger partial charge in [0.05, 0.1) is 6.10 Å². The third-order valence-corrected chi connectivity index (χ3v) is 1.31. The highest BCUT2D eigenvalue weighted by Gasteiger charge is 2.14. The van der Waals surface area contributed by atoms with Crippen molar-refractivity contribution in [2.75, 3.05) is 20.2 Å². The molecule has 0 aliphatic carbocycles. The van der Waals surface area contributed by atoms with Crippen LogP contribution in [0.2, 0.25) is 0 Å². The molecule has 52 valence electrons. The molecule has 1 aliphatic rings. The highest BCUT2D eigenvalue weighted by atomic mass is 16.5. The quantitative estimate of drug-likeness (QED) is 0.494. The van der Waals surface area contributed by atoms with E-state index >= 15 is 0 Å². The van der Waals surface area contributed by atoms with E-state index in [-0.39, 0.29) is 12.1 Å². The van der Waals surface area contributed by atoms with E-state index in [0.29, 0.717) is 13.1 Å². The Kier molecular flexibility index (Phi) is 1.89. The van der Waals surface area contributed by atoms with Gasteiger partial charge in [-0.25, -0.2) is 4.79 Å². The predicted octanol–water partition coefficient (Wildman–Crippen LogP) is -0.686. The van der Waals surface area contributed by atoms with Gasteiger partial charge in [-0.3, -0.25) is 0 Å². The normalized spacial score (nSPS) is 20.8. The molecule has 4 nitrogen and oxygen atoms in total. The SMILES string of the molecule is COC1CNC(=O)NC1. The van der Waals surface area contributed by atoms with Crippen molar-refractivity contribution >= 4 is 6.03 Å². The minimum absolute atomic E-state index is 0.108. The van der Waals surface area contributed by atoms with Gasteiger partial charge in [-0.15, -0.1) is 0 Å². The van der Waals surface area contributed by atoms with E-state index in [9.17, 15) is 4.79 Å². The molecule has 0 aromatic rings. The van der Waals surface area contributed by atoms with Gasteiger partial charge in [-0.1, -0.05) is 0 Å². The highest BCUT2D eigenvalue weighted by molar-refractivity contribution is 5.74. The summed E-state index contributed by atoms with van der Waals surface area (Å²) in [6.07, 6.45) is 0.127. The predicted molar refractivity (Wildman–Crippen MR) is 32.2 cm³/mol. The van der Waals surface area contributed by atoms with Gasteiger partial charge in [0.25, 0.3) is 0 Å². The summed E-state index contributed by atoms with van der Waals surface area (Å²) in [5.41, 5.74) is 0. The van der Waals surface area contributed by atoms with Crippen molar-refractivity contribution in [2.24, 2.45) is 0 Å². The fourth-order valence-corrected chi connectivity index (χ4v) is 0.714. The first kappa shape index (κ1) is 6.35. The van der Waals surface area contributed by atoms with Crippen LogP contribution in [0.3, 0.4) is 0 Å². The Balaban J connectivity index is 2.26. The molecule has 0 unspecified atom stereocenters. The van der Waals surface area contributed by atoms with Crippen LogP contribution in [0.4, 0.5) is 4.79 Å². The maximum Gasteiger partial charge on any atom is 0.314 e. The minimum Gasteiger partial charge on any atom is -0.378 e. The summed E-state index contributed by atoms with van der Waals surface area (Å²) in [6.45, 7) is 1.23. The lowest BCUT2D eigenvalue weighted by atomic mass is 10.3. The number of carbonyl (C=O) groups excluding carboxylic acids is 1. The standard InChI is InChI=1S/C5H10N2O2/c1-9-4-2-6-5(8)7-3-4/h4H,2-3H2,1H3,(H2,6,7,8). The van der Waals surface area contributed by atoms with Gasteiger partial charge in [0, 0.05) is 20.2 Å². The molecule has 2 N–H and O–H groups in total. The smallest absolute Gasteiger partial charge is 0.314 e. The zero-order chi connectivity index (χ0) is 6.69. The topological polar surface area (TPSA) is 50.4 Å². The number of hydrogen-bond donors (Lipinski definition) is 2. The van der Waals surface area contributed by atoms with E-state index in [0.717, 1.165) is 0 Å². The molecule has 2 amide bonds. The Morgan fingerprint density at radius 1 is 1.56 bits per heavy atom. The van der Waals surface area contributed by atoms with Crippen LogP contribution in [0.5, 0.6) is 0 Å². The zero-order valence-corrected chi connectivity index (χ0v) is 5.31. The molecule has 0 aromatic heterocycles. The van der Waals surface area contributed by atoms with Crippen molar-refractivity contribution in [1.29, 1.82) is 0 Å². The molecule has 1 heterocycles. The summed E-state index contributed by atoms with van der Waals surface area (Å²) < 4.78 is 4.96. The molecule has 9 heavy (non-hydrogen) atoms. The van der Waals surface area contributed by atoms with E-state index in [4.69, 9.17) is 4.74 Å². The molecule has 0 saturated carbocycles. The van der Waals surface area contributed by atoms with Crippen LogP contribution >= 0.6 is 0 Å². The summed E-state index contributed by atoms with van der Waals surface area (Å²) in [4.78, 5) is 10.4. The van der Waals surface area contributed by atoms with Crippen molar-refractivity contribution in [3.63, 3.8) is 0 Å². The average Bonchev–Trinajstić information content (AvgIpc) is 1.90. The second kappa shape index (κ2) is 2.68. The number of nitrogens with one attached hydrogen (secondary N) is 2. The molecule has 0 spiro atoms. The molecule has 0 aromatic carbocycles. The first-order chi connectivity index (χ1) is 4.33. The summed E-state index contributed by atoms with van der Waals surface area (Å²) in [7, 11) is 1.63. The fourth-order valence-electron chi connectivity index (χ4n) is 0.714. The number of methoxy groups -OCH3 is 1. The minimum atomic E-state index is -0.108. The lowest BCUT2D eigenvalue weighted by Gasteiger charge is -2.21. The van der Waals surface area contributed by atoms with Crippen molar-refractivity contribution in [3.05, 3.63) is 0 Å². The van der Waals surface area contributed by atoms with Gasteiger partial charge in [0.2, 0.25) is 0 Å². The van der Waals surface area contributed by atoms with E-state index < -0.39 is 0 Å². The van der Waals surface area contributed by atoms with Crippen molar-refractivity contribution < 1.29 is 9.53 Å². The fraction of sp³-hybridized carbons (Fsp3) is 0.800. The Hall–Kier alpha value is -0.770. The maximum atomic E-state index is 10.4. The van der Waals surface area contributed by atoms with Crippen LogP contribution in [0.15, 0.2) is 0 Å². The summed E-state index contributed by atoms with van der Waals surface area (Å²) in [5.74, 6) is 0. The summed E-state index contributed by atoms with van der Waals surface area (Å²) in [6, 6.07) is -0.108. The molecule has 1 aliphatic heterocycles. The lowest BCUT2D eigenvalue weighted by molar-refractivity contribution is 0.0941. The number of urea groups is 1. The molecule has 0 bridgehead atoms. The Morgan fingerprint density at radius 2 is 2.11 bits per heavy atom. The van der Waals surface area contributed by atoms with Gasteiger partial charge >= 0.3 is 6.03 Å². The molecular weight excluding hydrogens is 120 g/mol. The Bertz CT molecular complexity index is 106. The van der Waals surface area contributed by atoms with Crippen molar-refractivity contribution in [3.8, 4) is 0 Å².